The van der Waals surface area contributed by atoms with Crippen LogP contribution in [0, 0.1) is 10.1 Å². The van der Waals surface area contributed by atoms with E-state index in [0.717, 1.165) is 16.4 Å². The van der Waals surface area contributed by atoms with E-state index in [1.807, 2.05) is 0 Å². The highest BCUT2D eigenvalue weighted by Gasteiger charge is 2.37. The molecule has 0 unspecified atom stereocenters. The van der Waals surface area contributed by atoms with Gasteiger partial charge in [0.25, 0.3) is 11.6 Å². The number of nitro groups is 1. The number of nitrogens with zero attached hydrogens (tertiary/aromatic N) is 2. The van der Waals surface area contributed by atoms with Gasteiger partial charge in [-0.15, -0.1) is 0 Å². The summed E-state index contributed by atoms with van der Waals surface area (Å²) in [4.78, 5) is 22.9. The first-order chi connectivity index (χ1) is 19.9. The van der Waals surface area contributed by atoms with Gasteiger partial charge in [-0.2, -0.15) is 4.31 Å². The molecule has 3 aromatic rings. The highest BCUT2D eigenvalue weighted by Crippen LogP contribution is 2.34. The van der Waals surface area contributed by atoms with Crippen LogP contribution in [0.1, 0.15) is 11.1 Å². The van der Waals surface area contributed by atoms with Gasteiger partial charge in [0.05, 0.1) is 22.7 Å². The number of benzene rings is 3. The molecule has 1 aliphatic rings. The maximum Gasteiger partial charge on any atom is 0.269 e. The predicted molar refractivity (Wildman–Crippen MR) is 146 cm³/mol. The van der Waals surface area contributed by atoms with E-state index < -0.39 is 55.8 Å². The summed E-state index contributed by atoms with van der Waals surface area (Å²) in [5.41, 5.74) is 1.76. The van der Waals surface area contributed by atoms with Crippen LogP contribution in [-0.4, -0.2) is 63.7 Å². The van der Waals surface area contributed by atoms with E-state index in [2.05, 4.69) is 4.72 Å². The van der Waals surface area contributed by atoms with Crippen molar-refractivity contribution in [2.45, 2.75) is 23.2 Å². The Hall–Kier alpha value is -4.29. The Labute approximate surface area is 240 Å². The van der Waals surface area contributed by atoms with Gasteiger partial charge in [-0.3, -0.25) is 20.1 Å². The van der Waals surface area contributed by atoms with Crippen molar-refractivity contribution in [1.82, 2.24) is 14.5 Å². The lowest BCUT2D eigenvalue weighted by Crippen LogP contribution is -2.53. The van der Waals surface area contributed by atoms with Gasteiger partial charge in [0, 0.05) is 25.2 Å². The molecule has 0 aromatic heterocycles. The number of ether oxygens (including phenoxy) is 3. The number of methoxy groups -OCH3 is 1. The second kappa shape index (κ2) is 12.7. The van der Waals surface area contributed by atoms with Gasteiger partial charge in [-0.1, -0.05) is 18.2 Å². The van der Waals surface area contributed by atoms with Gasteiger partial charge < -0.3 is 14.2 Å². The van der Waals surface area contributed by atoms with Crippen LogP contribution in [0.5, 0.6) is 17.2 Å². The van der Waals surface area contributed by atoms with Crippen LogP contribution in [-0.2, 0) is 37.1 Å². The van der Waals surface area contributed by atoms with Crippen LogP contribution in [0.2, 0.25) is 0 Å². The average molecular weight is 623 g/mol. The van der Waals surface area contributed by atoms with E-state index in [9.17, 15) is 37.0 Å². The third-order valence-electron chi connectivity index (χ3n) is 6.20. The molecule has 4 rings (SSSR count). The molecule has 1 amide bonds. The minimum absolute atomic E-state index is 0.0290. The number of fused-ring (bicyclic) bond motifs is 1. The number of carbonyl (C=O) groups excluding carboxylic acids is 1. The summed E-state index contributed by atoms with van der Waals surface area (Å²) in [6.07, 6.45) is 0. The van der Waals surface area contributed by atoms with Gasteiger partial charge in [0.2, 0.25) is 26.8 Å². The number of amides is 1. The van der Waals surface area contributed by atoms with Crippen molar-refractivity contribution in [3.05, 3.63) is 88.0 Å². The van der Waals surface area contributed by atoms with E-state index in [1.54, 1.807) is 12.1 Å². The predicted octanol–water partition coefficient (Wildman–Crippen LogP) is 1.52. The molecule has 1 heterocycles. The van der Waals surface area contributed by atoms with Gasteiger partial charge in [0.1, 0.15) is 11.8 Å². The third kappa shape index (κ3) is 7.12. The molecule has 3 N–H and O–H groups in total. The average Bonchev–Trinajstić information content (AvgIpc) is 3.44. The first-order valence-corrected chi connectivity index (χ1v) is 15.2. The van der Waals surface area contributed by atoms with Crippen LogP contribution in [0.15, 0.2) is 71.6 Å². The van der Waals surface area contributed by atoms with E-state index in [4.69, 9.17) is 14.2 Å². The van der Waals surface area contributed by atoms with Crippen LogP contribution in [0.4, 0.5) is 5.69 Å². The Morgan fingerprint density at radius 1 is 1.02 bits per heavy atom. The second-order valence-electron chi connectivity index (χ2n) is 8.94. The molecular formula is C25H26N4O11S2. The highest BCUT2D eigenvalue weighted by atomic mass is 32.2. The fraction of sp³-hybridized carbons (Fsp3) is 0.240. The summed E-state index contributed by atoms with van der Waals surface area (Å²) in [5.74, 6) is -0.662. The Morgan fingerprint density at radius 3 is 2.29 bits per heavy atom. The van der Waals surface area contributed by atoms with Gasteiger partial charge in [-0.05, 0) is 47.5 Å². The fourth-order valence-electron chi connectivity index (χ4n) is 4.06. The van der Waals surface area contributed by atoms with Crippen LogP contribution in [0.3, 0.4) is 0 Å². The number of non-ortho nitro benzene ring substituents is 1. The molecule has 42 heavy (non-hydrogen) atoms. The maximum atomic E-state index is 13.9. The number of hydroxylamine groups is 1. The van der Waals surface area contributed by atoms with Crippen molar-refractivity contribution < 1.29 is 46.0 Å². The van der Waals surface area contributed by atoms with Crippen molar-refractivity contribution >= 4 is 31.6 Å². The van der Waals surface area contributed by atoms with Crippen LogP contribution < -0.4 is 24.4 Å². The van der Waals surface area contributed by atoms with Crippen molar-refractivity contribution in [2.24, 2.45) is 0 Å². The Morgan fingerprint density at radius 2 is 1.67 bits per heavy atom. The Bertz CT molecular complexity index is 1660. The molecule has 0 saturated heterocycles. The van der Waals surface area contributed by atoms with Crippen molar-refractivity contribution in [2.75, 3.05) is 20.4 Å². The fourth-order valence-corrected chi connectivity index (χ4v) is 6.78. The Balaban J connectivity index is 1.65. The monoisotopic (exact) mass is 622 g/mol. The lowest BCUT2D eigenvalue weighted by molar-refractivity contribution is -0.384. The largest absolute Gasteiger partial charge is 0.497 e. The van der Waals surface area contributed by atoms with Crippen LogP contribution >= 0.6 is 0 Å². The molecule has 0 spiro atoms. The number of rotatable bonds is 13. The summed E-state index contributed by atoms with van der Waals surface area (Å²) in [7, 11) is -7.29. The molecule has 17 heteroatoms. The summed E-state index contributed by atoms with van der Waals surface area (Å²) >= 11 is 0. The van der Waals surface area contributed by atoms with Crippen molar-refractivity contribution in [1.29, 1.82) is 0 Å². The van der Waals surface area contributed by atoms with Crippen LogP contribution in [0.25, 0.3) is 0 Å². The van der Waals surface area contributed by atoms with E-state index >= 15 is 0 Å². The SMILES string of the molecule is COc1ccc(S(=O)(=O)N(Cc2ccc3c(c2)OCO3)[C@H](CNS(=O)(=O)Cc2ccc([N+](=O)[O-])cc2)C(=O)NO)cc1. The second-order valence-corrected chi connectivity index (χ2v) is 12.6. The quantitative estimate of drug-likeness (QED) is 0.142. The number of hydrogen-bond donors (Lipinski definition) is 3. The number of nitro benzene ring substituents is 1. The number of carbonyl (C=O) groups is 1. The van der Waals surface area contributed by atoms with Gasteiger partial charge >= 0.3 is 0 Å². The summed E-state index contributed by atoms with van der Waals surface area (Å²) < 4.78 is 72.2. The molecule has 0 radical (unpaired) electrons. The molecule has 0 fully saturated rings. The number of sulfonamides is 2. The normalized spacial score (nSPS) is 13.5. The maximum absolute atomic E-state index is 13.9. The summed E-state index contributed by atoms with van der Waals surface area (Å²) in [5, 5.41) is 20.4. The van der Waals surface area contributed by atoms with E-state index in [0.29, 0.717) is 22.8 Å². The minimum Gasteiger partial charge on any atom is -0.497 e. The minimum atomic E-state index is -4.50. The lowest BCUT2D eigenvalue weighted by Gasteiger charge is -2.30. The molecule has 224 valence electrons. The molecule has 0 aliphatic carbocycles. The summed E-state index contributed by atoms with van der Waals surface area (Å²) in [6, 6.07) is 13.0. The van der Waals surface area contributed by atoms with Crippen molar-refractivity contribution in [3.63, 3.8) is 0 Å². The molecule has 15 nitrogen and oxygen atoms in total. The molecule has 3 aromatic carbocycles. The molecular weight excluding hydrogens is 596 g/mol. The van der Waals surface area contributed by atoms with E-state index in [-0.39, 0.29) is 22.9 Å². The first kappa shape index (κ1) is 30.7. The topological polar surface area (TPSA) is 204 Å². The first-order valence-electron chi connectivity index (χ1n) is 12.1. The molecule has 1 aliphatic heterocycles. The zero-order valence-electron chi connectivity index (χ0n) is 22.0. The zero-order chi connectivity index (χ0) is 30.5. The highest BCUT2D eigenvalue weighted by molar-refractivity contribution is 7.89. The lowest BCUT2D eigenvalue weighted by atomic mass is 10.2. The standard InChI is InChI=1S/C25H26N4O11S2/c1-38-20-7-9-21(10-8-20)42(36,37)28(14-18-4-11-23-24(12-18)40-16-39-23)22(25(30)27-31)13-26-41(34,35)15-17-2-5-19(6-3-17)29(32)33/h2-12,22,26,31H,13-16H2,1H3,(H,27,30)/t22-/m1/s1. The number of hydrogen-bond acceptors (Lipinski definition) is 11. The van der Waals surface area contributed by atoms with Gasteiger partial charge in [-0.25, -0.2) is 27.0 Å². The summed E-state index contributed by atoms with van der Waals surface area (Å²) in [6.45, 7) is -1.21. The third-order valence-corrected chi connectivity index (χ3v) is 9.39. The molecule has 1 atom stereocenters. The molecule has 0 bridgehead atoms. The van der Waals surface area contributed by atoms with Crippen molar-refractivity contribution in [3.8, 4) is 17.2 Å². The molecule has 0 saturated carbocycles. The van der Waals surface area contributed by atoms with Gasteiger partial charge in [0.15, 0.2) is 11.5 Å². The van der Waals surface area contributed by atoms with E-state index in [1.165, 1.54) is 55.1 Å². The Kier molecular flexibility index (Phi) is 9.27. The number of nitrogens with one attached hydrogen (secondary N) is 2. The smallest absolute Gasteiger partial charge is 0.269 e. The zero-order valence-corrected chi connectivity index (χ0v) is 23.6.